The molecule has 5 heteroatoms. The van der Waals surface area contributed by atoms with Crippen molar-refractivity contribution in [2.75, 3.05) is 0 Å². The first-order chi connectivity index (χ1) is 9.15. The molecule has 19 heavy (non-hydrogen) atoms. The Labute approximate surface area is 111 Å². The number of benzene rings is 1. The number of aliphatic imine (C=N–C) groups is 1. The van der Waals surface area contributed by atoms with E-state index in [1.165, 1.54) is 6.21 Å². The molecule has 0 saturated heterocycles. The lowest BCUT2D eigenvalue weighted by molar-refractivity contribution is -0.138. The van der Waals surface area contributed by atoms with Crippen LogP contribution in [0.1, 0.15) is 17.1 Å². The maximum atomic E-state index is 11.2. The predicted molar refractivity (Wildman–Crippen MR) is 72.5 cm³/mol. The van der Waals surface area contributed by atoms with Gasteiger partial charge in [-0.2, -0.15) is 0 Å². The third-order valence-corrected chi connectivity index (χ3v) is 2.67. The smallest absolute Gasteiger partial charge is 0.328 e. The number of nitrogens with one attached hydrogen (secondary N) is 1. The van der Waals surface area contributed by atoms with Crippen molar-refractivity contribution >= 4 is 12.2 Å². The van der Waals surface area contributed by atoms with Crippen molar-refractivity contribution in [2.45, 2.75) is 19.4 Å². The summed E-state index contributed by atoms with van der Waals surface area (Å²) in [6.07, 6.45) is 3.52. The number of carboxylic acid groups (broad SMARTS) is 1. The Morgan fingerprint density at radius 3 is 2.79 bits per heavy atom. The van der Waals surface area contributed by atoms with Crippen molar-refractivity contribution < 1.29 is 9.90 Å². The number of rotatable bonds is 5. The number of nitrogens with zero attached hydrogens (tertiary/aromatic N) is 2. The first kappa shape index (κ1) is 13.0. The molecule has 5 nitrogen and oxygen atoms in total. The monoisotopic (exact) mass is 257 g/mol. The van der Waals surface area contributed by atoms with Crippen LogP contribution in [-0.2, 0) is 11.2 Å². The number of imidazole rings is 1. The molecule has 2 N–H and O–H groups in total. The largest absolute Gasteiger partial charge is 0.480 e. The Kier molecular flexibility index (Phi) is 4.07. The topological polar surface area (TPSA) is 78.3 Å². The van der Waals surface area contributed by atoms with E-state index >= 15 is 0 Å². The van der Waals surface area contributed by atoms with E-state index in [0.717, 1.165) is 11.4 Å². The lowest BCUT2D eigenvalue weighted by atomic mass is 10.1. The van der Waals surface area contributed by atoms with Gasteiger partial charge < -0.3 is 10.1 Å². The van der Waals surface area contributed by atoms with Crippen LogP contribution in [0.3, 0.4) is 0 Å². The van der Waals surface area contributed by atoms with Crippen molar-refractivity contribution in [1.29, 1.82) is 0 Å². The molecule has 0 aliphatic heterocycles. The molecule has 0 aliphatic carbocycles. The molecule has 0 fully saturated rings. The van der Waals surface area contributed by atoms with Gasteiger partial charge in [0.05, 0.1) is 11.9 Å². The number of aromatic nitrogens is 2. The van der Waals surface area contributed by atoms with Gasteiger partial charge >= 0.3 is 5.97 Å². The summed E-state index contributed by atoms with van der Waals surface area (Å²) in [4.78, 5) is 22.3. The van der Waals surface area contributed by atoms with E-state index in [4.69, 9.17) is 0 Å². The summed E-state index contributed by atoms with van der Waals surface area (Å²) in [5.74, 6) is -0.160. The Bertz CT molecular complexity index is 575. The predicted octanol–water partition coefficient (Wildman–Crippen LogP) is 1.83. The summed E-state index contributed by atoms with van der Waals surface area (Å²) in [7, 11) is 0. The number of carbonyl (C=O) groups is 1. The number of aryl methyl sites for hydroxylation is 1. The van der Waals surface area contributed by atoms with Crippen LogP contribution in [0.25, 0.3) is 0 Å². The van der Waals surface area contributed by atoms with E-state index < -0.39 is 12.0 Å². The summed E-state index contributed by atoms with van der Waals surface area (Å²) in [6, 6.07) is 8.67. The third kappa shape index (κ3) is 3.77. The molecule has 0 spiro atoms. The summed E-state index contributed by atoms with van der Waals surface area (Å²) < 4.78 is 0. The van der Waals surface area contributed by atoms with Gasteiger partial charge in [0, 0.05) is 12.6 Å². The highest BCUT2D eigenvalue weighted by Crippen LogP contribution is 2.06. The second-order valence-corrected chi connectivity index (χ2v) is 4.25. The zero-order valence-electron chi connectivity index (χ0n) is 10.6. The molecule has 98 valence electrons. The lowest BCUT2D eigenvalue weighted by Crippen LogP contribution is -2.20. The van der Waals surface area contributed by atoms with Gasteiger partial charge in [-0.15, -0.1) is 0 Å². The molecule has 0 unspecified atom stereocenters. The van der Waals surface area contributed by atoms with Crippen LogP contribution in [0.2, 0.25) is 0 Å². The molecule has 2 aromatic rings. The van der Waals surface area contributed by atoms with Crippen molar-refractivity contribution in [1.82, 2.24) is 9.97 Å². The van der Waals surface area contributed by atoms with Gasteiger partial charge in [0.1, 0.15) is 5.82 Å². The second kappa shape index (κ2) is 5.95. The SMILES string of the molecule is Cc1ncc(C=N[C@@H](Cc2ccccc2)C(=O)O)[nH]1. The van der Waals surface area contributed by atoms with Crippen LogP contribution in [0.5, 0.6) is 0 Å². The quantitative estimate of drug-likeness (QED) is 0.802. The molecular weight excluding hydrogens is 242 g/mol. The fourth-order valence-corrected chi connectivity index (χ4v) is 1.72. The van der Waals surface area contributed by atoms with E-state index in [9.17, 15) is 9.90 Å². The maximum Gasteiger partial charge on any atom is 0.328 e. The highest BCUT2D eigenvalue weighted by Gasteiger charge is 2.15. The molecule has 1 atom stereocenters. The molecule has 0 saturated carbocycles. The first-order valence-corrected chi connectivity index (χ1v) is 5.96. The molecule has 1 aromatic heterocycles. The minimum Gasteiger partial charge on any atom is -0.480 e. The van der Waals surface area contributed by atoms with Crippen molar-refractivity contribution in [3.8, 4) is 0 Å². The van der Waals surface area contributed by atoms with Crippen LogP contribution in [0.4, 0.5) is 0 Å². The van der Waals surface area contributed by atoms with Gasteiger partial charge in [0.2, 0.25) is 0 Å². The standard InChI is InChI=1S/C14H15N3O2/c1-10-15-8-12(17-10)9-16-13(14(18)19)7-11-5-3-2-4-6-11/h2-6,8-9,13H,7H2,1H3,(H,15,17)(H,18,19)/t13-/m0/s1. The highest BCUT2D eigenvalue weighted by atomic mass is 16.4. The van der Waals surface area contributed by atoms with Gasteiger partial charge in [0.15, 0.2) is 6.04 Å². The minimum absolute atomic E-state index is 0.375. The molecule has 0 amide bonds. The first-order valence-electron chi connectivity index (χ1n) is 5.96. The number of hydrogen-bond acceptors (Lipinski definition) is 3. The average molecular weight is 257 g/mol. The molecule has 1 aromatic carbocycles. The Morgan fingerprint density at radius 1 is 1.47 bits per heavy atom. The Hall–Kier alpha value is -2.43. The molecule has 0 radical (unpaired) electrons. The molecule has 2 rings (SSSR count). The Balaban J connectivity index is 2.08. The van der Waals surface area contributed by atoms with Crippen LogP contribution in [-0.4, -0.2) is 33.3 Å². The van der Waals surface area contributed by atoms with E-state index in [1.807, 2.05) is 37.3 Å². The summed E-state index contributed by atoms with van der Waals surface area (Å²) in [5, 5.41) is 9.18. The zero-order valence-corrected chi connectivity index (χ0v) is 10.6. The van der Waals surface area contributed by atoms with Crippen molar-refractivity contribution in [3.63, 3.8) is 0 Å². The average Bonchev–Trinajstić information content (AvgIpc) is 2.81. The molecule has 1 heterocycles. The summed E-state index contributed by atoms with van der Waals surface area (Å²) in [5.41, 5.74) is 1.66. The van der Waals surface area contributed by atoms with E-state index in [2.05, 4.69) is 15.0 Å². The van der Waals surface area contributed by atoms with Gasteiger partial charge in [0.25, 0.3) is 0 Å². The number of H-pyrrole nitrogens is 1. The summed E-state index contributed by atoms with van der Waals surface area (Å²) >= 11 is 0. The third-order valence-electron chi connectivity index (χ3n) is 2.67. The normalized spacial score (nSPS) is 12.7. The lowest BCUT2D eigenvalue weighted by Gasteiger charge is -2.06. The molecule has 0 aliphatic rings. The number of carboxylic acids is 1. The fraction of sp³-hybridized carbons (Fsp3) is 0.214. The molecule has 0 bridgehead atoms. The van der Waals surface area contributed by atoms with E-state index in [-0.39, 0.29) is 0 Å². The van der Waals surface area contributed by atoms with Crippen LogP contribution in [0, 0.1) is 6.92 Å². The molecular formula is C14H15N3O2. The van der Waals surface area contributed by atoms with Crippen LogP contribution < -0.4 is 0 Å². The number of aromatic amines is 1. The zero-order chi connectivity index (χ0) is 13.7. The number of aliphatic carboxylic acids is 1. The van der Waals surface area contributed by atoms with Crippen LogP contribution in [0.15, 0.2) is 41.5 Å². The highest BCUT2D eigenvalue weighted by molar-refractivity contribution is 5.81. The van der Waals surface area contributed by atoms with E-state index in [1.54, 1.807) is 6.20 Å². The second-order valence-electron chi connectivity index (χ2n) is 4.25. The van der Waals surface area contributed by atoms with Gasteiger partial charge in [-0.25, -0.2) is 9.78 Å². The minimum atomic E-state index is -0.934. The maximum absolute atomic E-state index is 11.2. The fourth-order valence-electron chi connectivity index (χ4n) is 1.72. The van der Waals surface area contributed by atoms with Gasteiger partial charge in [-0.05, 0) is 12.5 Å². The van der Waals surface area contributed by atoms with Gasteiger partial charge in [-0.1, -0.05) is 30.3 Å². The number of hydrogen-bond donors (Lipinski definition) is 2. The van der Waals surface area contributed by atoms with Crippen molar-refractivity contribution in [2.24, 2.45) is 4.99 Å². The Morgan fingerprint density at radius 2 is 2.21 bits per heavy atom. The van der Waals surface area contributed by atoms with E-state index in [0.29, 0.717) is 12.1 Å². The van der Waals surface area contributed by atoms with Crippen molar-refractivity contribution in [3.05, 3.63) is 53.6 Å². The van der Waals surface area contributed by atoms with Crippen LogP contribution >= 0.6 is 0 Å². The van der Waals surface area contributed by atoms with Gasteiger partial charge in [-0.3, -0.25) is 4.99 Å². The summed E-state index contributed by atoms with van der Waals surface area (Å²) in [6.45, 7) is 1.83.